The van der Waals surface area contributed by atoms with Crippen LogP contribution < -0.4 is 5.32 Å². The maximum Gasteiger partial charge on any atom is 0.244 e. The number of fused-ring (bicyclic) bond motifs is 1. The molecule has 6 heteroatoms. The number of carbonyl (C=O) groups is 1. The summed E-state index contributed by atoms with van der Waals surface area (Å²) >= 11 is 3.39. The second kappa shape index (κ2) is 7.09. The van der Waals surface area contributed by atoms with Crippen LogP contribution in [-0.2, 0) is 11.3 Å². The van der Waals surface area contributed by atoms with E-state index in [9.17, 15) is 4.79 Å². The SMILES string of the molecule is O=C(Cn1c(-c2ccncc2)nc2ccccc21)Nc1ccc(Br)cc1. The van der Waals surface area contributed by atoms with E-state index in [1.807, 2.05) is 65.2 Å². The van der Waals surface area contributed by atoms with Gasteiger partial charge in [0.1, 0.15) is 12.4 Å². The Balaban J connectivity index is 1.68. The van der Waals surface area contributed by atoms with E-state index in [-0.39, 0.29) is 12.5 Å². The van der Waals surface area contributed by atoms with Gasteiger partial charge in [-0.15, -0.1) is 0 Å². The lowest BCUT2D eigenvalue weighted by Gasteiger charge is -2.10. The number of nitrogens with one attached hydrogen (secondary N) is 1. The standard InChI is InChI=1S/C20H15BrN4O/c21-15-5-7-16(8-6-15)23-19(26)13-25-18-4-2-1-3-17(18)24-20(25)14-9-11-22-12-10-14/h1-12H,13H2,(H,23,26). The second-order valence-electron chi connectivity index (χ2n) is 5.80. The Bertz CT molecular complexity index is 1060. The maximum absolute atomic E-state index is 12.6. The molecule has 128 valence electrons. The molecule has 0 aliphatic carbocycles. The van der Waals surface area contributed by atoms with Crippen molar-refractivity contribution in [1.82, 2.24) is 14.5 Å². The number of aromatic nitrogens is 3. The lowest BCUT2D eigenvalue weighted by molar-refractivity contribution is -0.116. The zero-order chi connectivity index (χ0) is 17.9. The third-order valence-corrected chi connectivity index (χ3v) is 4.55. The van der Waals surface area contributed by atoms with Gasteiger partial charge in [0.15, 0.2) is 0 Å². The van der Waals surface area contributed by atoms with Gasteiger partial charge < -0.3 is 9.88 Å². The van der Waals surface area contributed by atoms with Gasteiger partial charge in [-0.25, -0.2) is 4.98 Å². The Morgan fingerprint density at radius 2 is 1.73 bits per heavy atom. The van der Waals surface area contributed by atoms with Gasteiger partial charge in [-0.3, -0.25) is 9.78 Å². The molecule has 2 aromatic carbocycles. The van der Waals surface area contributed by atoms with Crippen LogP contribution in [0.2, 0.25) is 0 Å². The molecule has 0 bridgehead atoms. The number of rotatable bonds is 4. The molecule has 0 atom stereocenters. The molecule has 0 spiro atoms. The van der Waals surface area contributed by atoms with E-state index in [4.69, 9.17) is 4.98 Å². The Kier molecular flexibility index (Phi) is 4.50. The third-order valence-electron chi connectivity index (χ3n) is 4.02. The van der Waals surface area contributed by atoms with Crippen LogP contribution >= 0.6 is 15.9 Å². The molecule has 0 radical (unpaired) electrons. The summed E-state index contributed by atoms with van der Waals surface area (Å²) in [7, 11) is 0. The van der Waals surface area contributed by atoms with Crippen molar-refractivity contribution in [3.8, 4) is 11.4 Å². The van der Waals surface area contributed by atoms with E-state index in [2.05, 4.69) is 26.2 Å². The van der Waals surface area contributed by atoms with Gasteiger partial charge in [0.05, 0.1) is 11.0 Å². The zero-order valence-corrected chi connectivity index (χ0v) is 15.3. The minimum atomic E-state index is -0.106. The molecular weight excluding hydrogens is 392 g/mol. The molecule has 2 heterocycles. The van der Waals surface area contributed by atoms with Crippen LogP contribution in [-0.4, -0.2) is 20.4 Å². The summed E-state index contributed by atoms with van der Waals surface area (Å²) in [6.45, 7) is 0.175. The van der Waals surface area contributed by atoms with Gasteiger partial charge >= 0.3 is 0 Å². The van der Waals surface area contributed by atoms with Gasteiger partial charge in [0, 0.05) is 28.1 Å². The van der Waals surface area contributed by atoms with E-state index in [0.717, 1.165) is 32.6 Å². The number of hydrogen-bond acceptors (Lipinski definition) is 3. The molecule has 4 aromatic rings. The van der Waals surface area contributed by atoms with Gasteiger partial charge in [-0.1, -0.05) is 28.1 Å². The number of para-hydroxylation sites is 2. The number of hydrogen-bond donors (Lipinski definition) is 1. The molecule has 5 nitrogen and oxygen atoms in total. The Labute approximate surface area is 158 Å². The maximum atomic E-state index is 12.6. The van der Waals surface area contributed by atoms with E-state index in [1.54, 1.807) is 12.4 Å². The van der Waals surface area contributed by atoms with Gasteiger partial charge in [-0.2, -0.15) is 0 Å². The smallest absolute Gasteiger partial charge is 0.244 e. The first-order valence-electron chi connectivity index (χ1n) is 8.12. The highest BCUT2D eigenvalue weighted by atomic mass is 79.9. The van der Waals surface area contributed by atoms with Crippen LogP contribution in [0.1, 0.15) is 0 Å². The molecule has 0 unspecified atom stereocenters. The van der Waals surface area contributed by atoms with Gasteiger partial charge in [0.2, 0.25) is 5.91 Å². The summed E-state index contributed by atoms with van der Waals surface area (Å²) in [6.07, 6.45) is 3.45. The molecule has 0 aliphatic heterocycles. The molecular formula is C20H15BrN4O. The van der Waals surface area contributed by atoms with E-state index in [1.165, 1.54) is 0 Å². The van der Waals surface area contributed by atoms with Crippen molar-refractivity contribution < 1.29 is 4.79 Å². The fraction of sp³-hybridized carbons (Fsp3) is 0.0500. The summed E-state index contributed by atoms with van der Waals surface area (Å²) in [5.41, 5.74) is 3.46. The first-order chi connectivity index (χ1) is 12.7. The number of carbonyl (C=O) groups excluding carboxylic acids is 1. The van der Waals surface area contributed by atoms with Crippen molar-refractivity contribution in [3.05, 3.63) is 77.5 Å². The van der Waals surface area contributed by atoms with E-state index in [0.29, 0.717) is 0 Å². The molecule has 2 aromatic heterocycles. The van der Waals surface area contributed by atoms with E-state index >= 15 is 0 Å². The van der Waals surface area contributed by atoms with Crippen molar-refractivity contribution in [1.29, 1.82) is 0 Å². The second-order valence-corrected chi connectivity index (χ2v) is 6.72. The molecule has 26 heavy (non-hydrogen) atoms. The predicted octanol–water partition coefficient (Wildman–Crippen LogP) is 4.50. The highest BCUT2D eigenvalue weighted by Crippen LogP contribution is 2.24. The van der Waals surface area contributed by atoms with Crippen LogP contribution in [0.3, 0.4) is 0 Å². The number of benzene rings is 2. The normalized spacial score (nSPS) is 10.8. The van der Waals surface area contributed by atoms with Gasteiger partial charge in [-0.05, 0) is 48.5 Å². The van der Waals surface area contributed by atoms with Crippen molar-refractivity contribution in [2.45, 2.75) is 6.54 Å². The molecule has 4 rings (SSSR count). The molecule has 0 saturated carbocycles. The first kappa shape index (κ1) is 16.5. The number of halogens is 1. The van der Waals surface area contributed by atoms with Gasteiger partial charge in [0.25, 0.3) is 0 Å². The largest absolute Gasteiger partial charge is 0.325 e. The summed E-state index contributed by atoms with van der Waals surface area (Å²) in [5, 5.41) is 2.93. The molecule has 1 N–H and O–H groups in total. The number of amides is 1. The van der Waals surface area contributed by atoms with E-state index < -0.39 is 0 Å². The number of nitrogens with zero attached hydrogens (tertiary/aromatic N) is 3. The summed E-state index contributed by atoms with van der Waals surface area (Å²) in [4.78, 5) is 21.4. The molecule has 0 saturated heterocycles. The Morgan fingerprint density at radius 3 is 2.50 bits per heavy atom. The number of anilines is 1. The minimum Gasteiger partial charge on any atom is -0.325 e. The average molecular weight is 407 g/mol. The quantitative estimate of drug-likeness (QED) is 0.542. The first-order valence-corrected chi connectivity index (χ1v) is 8.91. The highest BCUT2D eigenvalue weighted by Gasteiger charge is 2.15. The van der Waals surface area contributed by atoms with Crippen LogP contribution in [0.5, 0.6) is 0 Å². The van der Waals surface area contributed by atoms with Crippen molar-refractivity contribution in [2.24, 2.45) is 0 Å². The number of pyridine rings is 1. The molecule has 0 fully saturated rings. The lowest BCUT2D eigenvalue weighted by Crippen LogP contribution is -2.19. The van der Waals surface area contributed by atoms with Crippen LogP contribution in [0.4, 0.5) is 5.69 Å². The summed E-state index contributed by atoms with van der Waals surface area (Å²) in [5.74, 6) is 0.644. The van der Waals surface area contributed by atoms with Crippen molar-refractivity contribution >= 4 is 38.6 Å². The fourth-order valence-corrected chi connectivity index (χ4v) is 3.10. The predicted molar refractivity (Wildman–Crippen MR) is 106 cm³/mol. The molecule has 1 amide bonds. The lowest BCUT2D eigenvalue weighted by atomic mass is 10.2. The zero-order valence-electron chi connectivity index (χ0n) is 13.8. The van der Waals surface area contributed by atoms with Crippen molar-refractivity contribution in [2.75, 3.05) is 5.32 Å². The highest BCUT2D eigenvalue weighted by molar-refractivity contribution is 9.10. The third kappa shape index (κ3) is 3.36. The topological polar surface area (TPSA) is 59.8 Å². The summed E-state index contributed by atoms with van der Waals surface area (Å²) in [6, 6.07) is 19.1. The van der Waals surface area contributed by atoms with Crippen LogP contribution in [0.25, 0.3) is 22.4 Å². The minimum absolute atomic E-state index is 0.106. The number of imidazole rings is 1. The monoisotopic (exact) mass is 406 g/mol. The fourth-order valence-electron chi connectivity index (χ4n) is 2.83. The Hall–Kier alpha value is -2.99. The summed E-state index contributed by atoms with van der Waals surface area (Å²) < 4.78 is 2.90. The van der Waals surface area contributed by atoms with Crippen LogP contribution in [0, 0.1) is 0 Å². The van der Waals surface area contributed by atoms with Crippen LogP contribution in [0.15, 0.2) is 77.5 Å². The van der Waals surface area contributed by atoms with Crippen molar-refractivity contribution in [3.63, 3.8) is 0 Å². The molecule has 0 aliphatic rings. The average Bonchev–Trinajstić information content (AvgIpc) is 3.03. The Morgan fingerprint density at radius 1 is 1.00 bits per heavy atom.